The van der Waals surface area contributed by atoms with Crippen LogP contribution in [0, 0.1) is 0 Å². The molecule has 0 aromatic rings. The Morgan fingerprint density at radius 2 is 2.11 bits per heavy atom. The van der Waals surface area contributed by atoms with Crippen molar-refractivity contribution in [3.63, 3.8) is 0 Å². The Balaban J connectivity index is 2.62. The van der Waals surface area contributed by atoms with Gasteiger partial charge in [-0.2, -0.15) is 0 Å². The van der Waals surface area contributed by atoms with E-state index < -0.39 is 11.4 Å². The monoisotopic (exact) mass is 254 g/mol. The van der Waals surface area contributed by atoms with E-state index in [1.165, 1.54) is 0 Å². The van der Waals surface area contributed by atoms with Crippen LogP contribution in [-0.4, -0.2) is 23.5 Å². The van der Waals surface area contributed by atoms with E-state index in [4.69, 9.17) is 14.2 Å². The van der Waals surface area contributed by atoms with Gasteiger partial charge in [-0.25, -0.2) is 0 Å². The predicted octanol–water partition coefficient (Wildman–Crippen LogP) is 2.94. The molecule has 1 aliphatic heterocycles. The van der Waals surface area contributed by atoms with Crippen molar-refractivity contribution in [1.29, 1.82) is 0 Å². The van der Waals surface area contributed by atoms with Gasteiger partial charge in [-0.1, -0.05) is 6.08 Å². The van der Waals surface area contributed by atoms with Gasteiger partial charge in [0, 0.05) is 13.8 Å². The van der Waals surface area contributed by atoms with Crippen LogP contribution in [0.25, 0.3) is 0 Å². The zero-order valence-corrected chi connectivity index (χ0v) is 11.8. The summed E-state index contributed by atoms with van der Waals surface area (Å²) in [6.07, 6.45) is 3.20. The van der Waals surface area contributed by atoms with Gasteiger partial charge in [-0.15, -0.1) is 6.58 Å². The van der Waals surface area contributed by atoms with Crippen LogP contribution in [0.5, 0.6) is 0 Å². The van der Waals surface area contributed by atoms with Crippen molar-refractivity contribution in [3.05, 3.63) is 24.5 Å². The molecule has 0 saturated carbocycles. The topological polar surface area (TPSA) is 44.8 Å². The fourth-order valence-corrected chi connectivity index (χ4v) is 1.62. The molecule has 0 bridgehead atoms. The lowest BCUT2D eigenvalue weighted by atomic mass is 10.2. The molecular formula is C14H22O4. The first-order valence-electron chi connectivity index (χ1n) is 6.04. The maximum absolute atomic E-state index is 11.6. The van der Waals surface area contributed by atoms with Crippen LogP contribution < -0.4 is 0 Å². The second-order valence-corrected chi connectivity index (χ2v) is 5.67. The van der Waals surface area contributed by atoms with Crippen molar-refractivity contribution in [1.82, 2.24) is 0 Å². The third kappa shape index (κ3) is 4.53. The minimum absolute atomic E-state index is 0.163. The lowest BCUT2D eigenvalue weighted by molar-refractivity contribution is -0.153. The summed E-state index contributed by atoms with van der Waals surface area (Å²) >= 11 is 0. The largest absolute Gasteiger partial charge is 0.464 e. The molecule has 1 heterocycles. The molecule has 0 aliphatic carbocycles. The molecule has 0 unspecified atom stereocenters. The summed E-state index contributed by atoms with van der Waals surface area (Å²) in [4.78, 5) is 11.6. The van der Waals surface area contributed by atoms with Crippen molar-refractivity contribution in [3.8, 4) is 0 Å². The molecule has 102 valence electrons. The Morgan fingerprint density at radius 3 is 2.61 bits per heavy atom. The average molecular weight is 254 g/mol. The SMILES string of the molecule is C=C[C@H]1OC(C)(C)O/C1=C\CC(=O)OC(C)(C)C. The van der Waals surface area contributed by atoms with E-state index in [9.17, 15) is 4.79 Å². The Hall–Kier alpha value is -1.29. The highest BCUT2D eigenvalue weighted by Crippen LogP contribution is 2.31. The van der Waals surface area contributed by atoms with Gasteiger partial charge >= 0.3 is 5.97 Å². The number of esters is 1. The van der Waals surface area contributed by atoms with Crippen LogP contribution in [0.3, 0.4) is 0 Å². The lowest BCUT2D eigenvalue weighted by Gasteiger charge is -2.19. The zero-order chi connectivity index (χ0) is 14.0. The van der Waals surface area contributed by atoms with E-state index >= 15 is 0 Å². The number of carbonyl (C=O) groups is 1. The van der Waals surface area contributed by atoms with Gasteiger partial charge in [0.15, 0.2) is 0 Å². The zero-order valence-electron chi connectivity index (χ0n) is 11.8. The van der Waals surface area contributed by atoms with E-state index in [1.807, 2.05) is 34.6 Å². The van der Waals surface area contributed by atoms with E-state index in [0.717, 1.165) is 0 Å². The predicted molar refractivity (Wildman–Crippen MR) is 68.8 cm³/mol. The molecule has 1 saturated heterocycles. The van der Waals surface area contributed by atoms with Crippen molar-refractivity contribution in [2.75, 3.05) is 0 Å². The van der Waals surface area contributed by atoms with Crippen molar-refractivity contribution in [2.45, 2.75) is 58.5 Å². The van der Waals surface area contributed by atoms with Crippen molar-refractivity contribution >= 4 is 5.97 Å². The molecule has 4 nitrogen and oxygen atoms in total. The summed E-state index contributed by atoms with van der Waals surface area (Å²) in [5, 5.41) is 0. The Bertz CT molecular complexity index is 360. The lowest BCUT2D eigenvalue weighted by Crippen LogP contribution is -2.23. The molecule has 0 amide bonds. The molecular weight excluding hydrogens is 232 g/mol. The number of hydrogen-bond acceptors (Lipinski definition) is 4. The smallest absolute Gasteiger partial charge is 0.310 e. The molecule has 1 atom stereocenters. The minimum Gasteiger partial charge on any atom is -0.464 e. The second kappa shape index (κ2) is 5.14. The highest BCUT2D eigenvalue weighted by atomic mass is 16.7. The van der Waals surface area contributed by atoms with Crippen LogP contribution in [0.2, 0.25) is 0 Å². The number of rotatable bonds is 3. The highest BCUT2D eigenvalue weighted by Gasteiger charge is 2.36. The van der Waals surface area contributed by atoms with Crippen LogP contribution in [-0.2, 0) is 19.0 Å². The molecule has 0 aromatic carbocycles. The minimum atomic E-state index is -0.682. The van der Waals surface area contributed by atoms with E-state index in [1.54, 1.807) is 12.2 Å². The maximum Gasteiger partial charge on any atom is 0.310 e. The van der Waals surface area contributed by atoms with Gasteiger partial charge in [0.2, 0.25) is 5.79 Å². The summed E-state index contributed by atoms with van der Waals surface area (Å²) in [6, 6.07) is 0. The summed E-state index contributed by atoms with van der Waals surface area (Å²) in [6.45, 7) is 12.8. The molecule has 1 rings (SSSR count). The summed E-state index contributed by atoms with van der Waals surface area (Å²) in [7, 11) is 0. The third-order valence-electron chi connectivity index (χ3n) is 2.16. The Kier molecular flexibility index (Phi) is 4.22. The first-order valence-corrected chi connectivity index (χ1v) is 6.04. The third-order valence-corrected chi connectivity index (χ3v) is 2.16. The molecule has 1 aliphatic rings. The Morgan fingerprint density at radius 1 is 1.50 bits per heavy atom. The fraction of sp³-hybridized carbons (Fsp3) is 0.643. The van der Waals surface area contributed by atoms with Gasteiger partial charge in [0.05, 0.1) is 6.42 Å². The van der Waals surface area contributed by atoms with Gasteiger partial charge < -0.3 is 14.2 Å². The maximum atomic E-state index is 11.6. The second-order valence-electron chi connectivity index (χ2n) is 5.67. The fourth-order valence-electron chi connectivity index (χ4n) is 1.62. The summed E-state index contributed by atoms with van der Waals surface area (Å²) in [5.41, 5.74) is -0.472. The quantitative estimate of drug-likeness (QED) is 0.574. The molecule has 0 radical (unpaired) electrons. The van der Waals surface area contributed by atoms with E-state index in [0.29, 0.717) is 5.76 Å². The van der Waals surface area contributed by atoms with Gasteiger partial charge in [-0.05, 0) is 26.8 Å². The van der Waals surface area contributed by atoms with Crippen LogP contribution >= 0.6 is 0 Å². The van der Waals surface area contributed by atoms with Crippen LogP contribution in [0.15, 0.2) is 24.5 Å². The summed E-state index contributed by atoms with van der Waals surface area (Å²) in [5.74, 6) is -0.356. The first-order chi connectivity index (χ1) is 8.13. The normalized spacial score (nSPS) is 24.7. The number of ether oxygens (including phenoxy) is 3. The van der Waals surface area contributed by atoms with Crippen molar-refractivity contribution in [2.24, 2.45) is 0 Å². The average Bonchev–Trinajstić information content (AvgIpc) is 2.47. The molecule has 1 fully saturated rings. The summed E-state index contributed by atoms with van der Waals surface area (Å²) < 4.78 is 16.4. The van der Waals surface area contributed by atoms with E-state index in [2.05, 4.69) is 6.58 Å². The molecule has 18 heavy (non-hydrogen) atoms. The van der Waals surface area contributed by atoms with Gasteiger partial charge in [-0.3, -0.25) is 4.79 Å². The molecule has 0 N–H and O–H groups in total. The van der Waals surface area contributed by atoms with E-state index in [-0.39, 0.29) is 18.5 Å². The van der Waals surface area contributed by atoms with Crippen LogP contribution in [0.4, 0.5) is 0 Å². The highest BCUT2D eigenvalue weighted by molar-refractivity contribution is 5.71. The standard InChI is InChI=1S/C14H22O4/c1-7-10-11(17-14(5,6)16-10)8-9-12(15)18-13(2,3)4/h7-8,10H,1,9H2,2-6H3/b11-8-/t10-/m1/s1. The molecule has 0 aromatic heterocycles. The van der Waals surface area contributed by atoms with Gasteiger partial charge in [0.25, 0.3) is 0 Å². The van der Waals surface area contributed by atoms with Crippen LogP contribution in [0.1, 0.15) is 41.0 Å². The number of hydrogen-bond donors (Lipinski definition) is 0. The van der Waals surface area contributed by atoms with Crippen molar-refractivity contribution < 1.29 is 19.0 Å². The van der Waals surface area contributed by atoms with Gasteiger partial charge in [0.1, 0.15) is 17.5 Å². The Labute approximate surface area is 109 Å². The number of carbonyl (C=O) groups excluding carboxylic acids is 1. The molecule has 0 spiro atoms. The molecule has 4 heteroatoms. The first kappa shape index (κ1) is 14.8.